The maximum atomic E-state index is 13.0. The maximum absolute atomic E-state index is 13.0. The molecule has 512 valence electrons. The second-order valence-corrected chi connectivity index (χ2v) is 29.7. The van der Waals surface area contributed by atoms with E-state index in [4.69, 9.17) is 23.7 Å². The summed E-state index contributed by atoms with van der Waals surface area (Å²) in [6.07, 6.45) is 8.96. The van der Waals surface area contributed by atoms with Crippen molar-refractivity contribution in [1.82, 2.24) is 0 Å². The van der Waals surface area contributed by atoms with Crippen LogP contribution < -0.4 is 9.47 Å². The predicted octanol–water partition coefficient (Wildman–Crippen LogP) is 15.9. The second kappa shape index (κ2) is 35.7. The molecule has 0 N–H and O–H groups in total. The number of nitriles is 2. The van der Waals surface area contributed by atoms with Crippen LogP contribution in [0.5, 0.6) is 11.5 Å². The molecular weight excluding hydrogens is 1290 g/mol. The number of carbonyl (C=O) groups is 4. The highest BCUT2D eigenvalue weighted by atomic mass is 32.2. The van der Waals surface area contributed by atoms with Crippen LogP contribution in [0.25, 0.3) is 0 Å². The normalized spacial score (nSPS) is 15.2. The average molecular weight is 1370 g/mol. The molecule has 0 spiro atoms. The number of esters is 4. The summed E-state index contributed by atoms with van der Waals surface area (Å²) in [7, 11) is -6.43. The first kappa shape index (κ1) is 76.9. The molecule has 96 heavy (non-hydrogen) atoms. The molecule has 2 saturated carbocycles. The Balaban J connectivity index is 0.000000228. The van der Waals surface area contributed by atoms with Crippen LogP contribution in [0, 0.1) is 50.4 Å². The van der Waals surface area contributed by atoms with Gasteiger partial charge in [0.15, 0.2) is 70.4 Å². The number of benzene rings is 6. The average Bonchev–Trinajstić information content (AvgIpc) is 1.06. The highest BCUT2D eigenvalue weighted by Crippen LogP contribution is 2.40. The lowest BCUT2D eigenvalue weighted by Crippen LogP contribution is -2.35. The smallest absolute Gasteiger partial charge is 0.367 e. The molecule has 6 aromatic carbocycles. The number of nitrogens with zero attached hydrogens (tertiary/aromatic N) is 4. The third-order valence-corrected chi connectivity index (χ3v) is 21.8. The van der Waals surface area contributed by atoms with Gasteiger partial charge in [-0.3, -0.25) is 9.59 Å². The highest BCUT2D eigenvalue weighted by molar-refractivity contribution is 7.97. The van der Waals surface area contributed by atoms with Crippen LogP contribution in [-0.2, 0) is 70.0 Å². The Labute approximate surface area is 569 Å². The van der Waals surface area contributed by atoms with Gasteiger partial charge in [0.25, 0.3) is 0 Å². The predicted molar refractivity (Wildman–Crippen MR) is 362 cm³/mol. The molecule has 2 aliphatic carbocycles. The summed E-state index contributed by atoms with van der Waals surface area (Å²) < 4.78 is 89.5. The van der Waals surface area contributed by atoms with Gasteiger partial charge in [-0.25, -0.2) is 18.0 Å². The van der Waals surface area contributed by atoms with E-state index in [2.05, 4.69) is 202 Å². The lowest BCUT2D eigenvalue weighted by molar-refractivity contribution is -0.163. The van der Waals surface area contributed by atoms with Gasteiger partial charge in [-0.1, -0.05) is 86.6 Å². The van der Waals surface area contributed by atoms with Crippen LogP contribution >= 0.6 is 0 Å². The van der Waals surface area contributed by atoms with Gasteiger partial charge in [0.1, 0.15) is 22.7 Å². The number of halogens is 2. The van der Waals surface area contributed by atoms with E-state index in [1.54, 1.807) is 13.0 Å². The van der Waals surface area contributed by atoms with Gasteiger partial charge in [-0.2, -0.15) is 29.5 Å². The number of ether oxygens (including phenoxy) is 6. The highest BCUT2D eigenvalue weighted by Gasteiger charge is 2.41. The molecule has 2 fully saturated rings. The largest absolute Gasteiger partial charge is 0.743 e. The fourth-order valence-electron chi connectivity index (χ4n) is 11.2. The molecule has 0 aliphatic heterocycles. The fraction of sp³-hybridized carbons (Fsp3) is 0.432. The first-order valence-corrected chi connectivity index (χ1v) is 36.0. The van der Waals surface area contributed by atoms with Crippen LogP contribution in [0.2, 0.25) is 0 Å². The quantitative estimate of drug-likeness (QED) is 0.0145. The second-order valence-electron chi connectivity index (χ2n) is 24.2. The zero-order valence-electron chi connectivity index (χ0n) is 56.2. The molecule has 0 heterocycles. The molecule has 8 rings (SSSR count). The van der Waals surface area contributed by atoms with Gasteiger partial charge in [-0.05, 0) is 196 Å². The third kappa shape index (κ3) is 22.2. The van der Waals surface area contributed by atoms with E-state index in [1.807, 2.05) is 6.07 Å². The Morgan fingerprint density at radius 2 is 0.823 bits per heavy atom. The summed E-state index contributed by atoms with van der Waals surface area (Å²) in [6, 6.07) is 54.8. The van der Waals surface area contributed by atoms with Crippen LogP contribution in [0.1, 0.15) is 147 Å². The summed E-state index contributed by atoms with van der Waals surface area (Å²) >= 11 is 0. The molecular formula is C74H87F2N4O13S3+. The monoisotopic (exact) mass is 1370 g/mol. The van der Waals surface area contributed by atoms with Crippen molar-refractivity contribution in [3.05, 3.63) is 168 Å². The van der Waals surface area contributed by atoms with Crippen molar-refractivity contribution in [2.45, 2.75) is 209 Å². The summed E-state index contributed by atoms with van der Waals surface area (Å²) in [4.78, 5) is 55.7. The summed E-state index contributed by atoms with van der Waals surface area (Å²) in [5.74, 6) is -0.822. The summed E-state index contributed by atoms with van der Waals surface area (Å²) in [5.41, 5.74) is 0.467. The Kier molecular flexibility index (Phi) is 28.6. The van der Waals surface area contributed by atoms with Crippen molar-refractivity contribution < 1.29 is 69.4 Å². The summed E-state index contributed by atoms with van der Waals surface area (Å²) in [6.45, 7) is 14.8. The lowest BCUT2D eigenvalue weighted by atomic mass is 9.97. The molecule has 2 aliphatic rings. The summed E-state index contributed by atoms with van der Waals surface area (Å²) in [5, 5.41) is 21.3. The number of azo groups is 1. The van der Waals surface area contributed by atoms with E-state index in [0.29, 0.717) is 0 Å². The number of rotatable bonds is 28. The fourth-order valence-corrected chi connectivity index (χ4v) is 15.9. The molecule has 2 unspecified atom stereocenters. The Bertz CT molecular complexity index is 3490. The van der Waals surface area contributed by atoms with Gasteiger partial charge in [-0.15, -0.1) is 0 Å². The van der Waals surface area contributed by atoms with Gasteiger partial charge in [0, 0.05) is 37.1 Å². The van der Waals surface area contributed by atoms with Crippen LogP contribution in [0.4, 0.5) is 8.78 Å². The van der Waals surface area contributed by atoms with Crippen LogP contribution in [-0.4, -0.2) is 90.8 Å². The molecule has 0 saturated heterocycles. The van der Waals surface area contributed by atoms with Gasteiger partial charge in [0.05, 0.1) is 40.5 Å². The molecule has 0 aromatic heterocycles. The number of hydrogen-bond donors (Lipinski definition) is 0. The topological polar surface area (TPSA) is 253 Å². The Morgan fingerprint density at radius 3 is 1.09 bits per heavy atom. The molecule has 6 aromatic rings. The Morgan fingerprint density at radius 1 is 0.521 bits per heavy atom. The van der Waals surface area contributed by atoms with Crippen molar-refractivity contribution in [3.8, 4) is 23.6 Å². The van der Waals surface area contributed by atoms with Gasteiger partial charge < -0.3 is 33.0 Å². The van der Waals surface area contributed by atoms with Crippen LogP contribution in [0.15, 0.2) is 185 Å². The molecule has 0 amide bonds. The third-order valence-electron chi connectivity index (χ3n) is 16.6. The molecule has 0 radical (unpaired) electrons. The van der Waals surface area contributed by atoms with Gasteiger partial charge >= 0.3 is 29.1 Å². The van der Waals surface area contributed by atoms with E-state index >= 15 is 0 Å². The van der Waals surface area contributed by atoms with E-state index in [0.717, 1.165) is 98.0 Å². The van der Waals surface area contributed by atoms with E-state index < -0.39 is 51.4 Å². The molecule has 0 bridgehead atoms. The van der Waals surface area contributed by atoms with Crippen LogP contribution in [0.3, 0.4) is 0 Å². The van der Waals surface area contributed by atoms with Crippen molar-refractivity contribution in [2.24, 2.45) is 10.2 Å². The molecule has 17 nitrogen and oxygen atoms in total. The van der Waals surface area contributed by atoms with Crippen molar-refractivity contribution >= 4 is 55.8 Å². The van der Waals surface area contributed by atoms with Crippen molar-refractivity contribution in [3.63, 3.8) is 0 Å². The van der Waals surface area contributed by atoms with E-state index in [-0.39, 0.29) is 84.0 Å². The van der Waals surface area contributed by atoms with Gasteiger partial charge in [0.2, 0.25) is 0 Å². The minimum Gasteiger partial charge on any atom is -0.743 e. The zero-order valence-corrected chi connectivity index (χ0v) is 58.6. The Hall–Kier alpha value is -8.15. The van der Waals surface area contributed by atoms with E-state index in [1.165, 1.54) is 43.2 Å². The standard InChI is InChI=1S/2C29H33O3S.C16H22F2N4O7S/c2*1-4-29(17-11-12-18-29)32-27(30)21-31-28-22(2)19-26(20-23(28)3)33(24-13-7-5-8-14-24)25-15-9-6-10-16-25;1-4-28-12(23)5-7-14(2,9-19)21-22-15(3,10-20)8-6-13(24)29-11-16(17,18)30(25,26)27/h2*5-10,13-16,19-20H,4,11-12,17-18,21H2,1-3H3;4-8,11H2,1-3H3,(H,25,26,27)/q2*+1;/p-1. The SMILES string of the molecule is CCC1(OC(=O)COc2c(C)cc([S+](c3ccccc3)c3ccccc3)cc2C)CCCC1.CCC1(OC(=O)COc2c(C)cc([S+](c3ccccc3)c3ccccc3)cc2C)CCCC1.CCOC(=O)CCC(C)(C#N)N=NC(C)(C#N)CCC(=O)OCC(F)(F)S(=O)(=O)[O-]. The minimum atomic E-state index is -6.00. The zero-order chi connectivity index (χ0) is 70.2. The number of alkyl halides is 2. The maximum Gasteiger partial charge on any atom is 0.367 e. The number of carbonyl (C=O) groups excluding carboxylic acids is 4. The lowest BCUT2D eigenvalue weighted by Gasteiger charge is -2.27. The minimum absolute atomic E-state index is 0.0475. The van der Waals surface area contributed by atoms with Crippen molar-refractivity contribution in [1.29, 1.82) is 10.5 Å². The molecule has 2 atom stereocenters. The first-order chi connectivity index (χ1) is 45.7. The number of hydrogen-bond acceptors (Lipinski definition) is 17. The van der Waals surface area contributed by atoms with E-state index in [9.17, 15) is 51.5 Å². The first-order valence-electron chi connectivity index (χ1n) is 32.2. The van der Waals surface area contributed by atoms with Crippen molar-refractivity contribution in [2.75, 3.05) is 26.4 Å². The molecule has 22 heteroatoms. The number of aryl methyl sites for hydroxylation is 4.